The van der Waals surface area contributed by atoms with Crippen molar-refractivity contribution in [3.05, 3.63) is 30.1 Å². The van der Waals surface area contributed by atoms with Gasteiger partial charge in [-0.15, -0.1) is 0 Å². The molecule has 0 radical (unpaired) electrons. The smallest absolute Gasteiger partial charge is 0.317 e. The molecule has 0 unspecified atom stereocenters. The largest absolute Gasteiger partial charge is 0.480 e. The second-order valence-corrected chi connectivity index (χ2v) is 3.25. The number of hydrogen-bond acceptors (Lipinski definition) is 4. The Kier molecular flexibility index (Phi) is 4.41. The van der Waals surface area contributed by atoms with Crippen LogP contribution in [0.4, 0.5) is 0 Å². The van der Waals surface area contributed by atoms with Crippen LogP contribution in [0.2, 0.25) is 0 Å². The number of aliphatic carboxylic acids is 2. The number of hydrogen-bond donors (Lipinski definition) is 2. The second-order valence-electron chi connectivity index (χ2n) is 3.25. The lowest BCUT2D eigenvalue weighted by atomic mass is 10.3. The van der Waals surface area contributed by atoms with Crippen molar-refractivity contribution in [2.24, 2.45) is 0 Å². The molecule has 0 saturated heterocycles. The van der Waals surface area contributed by atoms with Gasteiger partial charge in [0.1, 0.15) is 0 Å². The highest BCUT2D eigenvalue weighted by Gasteiger charge is 2.13. The summed E-state index contributed by atoms with van der Waals surface area (Å²) in [6, 6.07) is 5.22. The Bertz CT molecular complexity index is 350. The van der Waals surface area contributed by atoms with Gasteiger partial charge in [-0.2, -0.15) is 0 Å². The van der Waals surface area contributed by atoms with Gasteiger partial charge in [0.05, 0.1) is 18.8 Å². The Morgan fingerprint density at radius 3 is 2.25 bits per heavy atom. The molecule has 1 rings (SSSR count). The van der Waals surface area contributed by atoms with Crippen molar-refractivity contribution in [2.45, 2.75) is 6.54 Å². The number of carboxylic acids is 2. The van der Waals surface area contributed by atoms with Crippen LogP contribution in [0.15, 0.2) is 24.4 Å². The fraction of sp³-hybridized carbons (Fsp3) is 0.300. The summed E-state index contributed by atoms with van der Waals surface area (Å²) < 4.78 is 0. The summed E-state index contributed by atoms with van der Waals surface area (Å²) in [5, 5.41) is 17.2. The summed E-state index contributed by atoms with van der Waals surface area (Å²) in [4.78, 5) is 26.4. The Morgan fingerprint density at radius 2 is 1.81 bits per heavy atom. The molecule has 86 valence electrons. The Balaban J connectivity index is 2.63. The predicted molar refractivity (Wildman–Crippen MR) is 54.8 cm³/mol. The monoisotopic (exact) mass is 224 g/mol. The third kappa shape index (κ3) is 4.52. The van der Waals surface area contributed by atoms with E-state index in [0.29, 0.717) is 5.69 Å². The van der Waals surface area contributed by atoms with Crippen molar-refractivity contribution in [1.82, 2.24) is 9.88 Å². The Hall–Kier alpha value is -1.95. The van der Waals surface area contributed by atoms with Crippen LogP contribution in [-0.2, 0) is 16.1 Å². The molecule has 6 nitrogen and oxygen atoms in total. The third-order valence-corrected chi connectivity index (χ3v) is 1.83. The van der Waals surface area contributed by atoms with Crippen LogP contribution in [0.5, 0.6) is 0 Å². The topological polar surface area (TPSA) is 90.7 Å². The molecule has 0 aliphatic heterocycles. The van der Waals surface area contributed by atoms with Crippen LogP contribution in [0.25, 0.3) is 0 Å². The fourth-order valence-corrected chi connectivity index (χ4v) is 1.27. The molecule has 1 aromatic heterocycles. The molecule has 0 spiro atoms. The number of aromatic nitrogens is 1. The summed E-state index contributed by atoms with van der Waals surface area (Å²) in [6.45, 7) is -0.425. The molecule has 16 heavy (non-hydrogen) atoms. The average molecular weight is 224 g/mol. The summed E-state index contributed by atoms with van der Waals surface area (Å²) in [5.41, 5.74) is 0.644. The first-order valence-electron chi connectivity index (χ1n) is 4.64. The lowest BCUT2D eigenvalue weighted by Gasteiger charge is -2.16. The maximum absolute atomic E-state index is 10.5. The summed E-state index contributed by atoms with van der Waals surface area (Å²) >= 11 is 0. The zero-order valence-corrected chi connectivity index (χ0v) is 8.54. The maximum Gasteiger partial charge on any atom is 0.317 e. The highest BCUT2D eigenvalue weighted by atomic mass is 16.4. The van der Waals surface area contributed by atoms with E-state index >= 15 is 0 Å². The first-order chi connectivity index (χ1) is 7.58. The molecular formula is C10H12N2O4. The van der Waals surface area contributed by atoms with Crippen molar-refractivity contribution in [3.8, 4) is 0 Å². The minimum Gasteiger partial charge on any atom is -0.480 e. The molecule has 0 atom stereocenters. The van der Waals surface area contributed by atoms with E-state index in [1.54, 1.807) is 24.4 Å². The second kappa shape index (κ2) is 5.82. The van der Waals surface area contributed by atoms with E-state index < -0.39 is 11.9 Å². The van der Waals surface area contributed by atoms with Crippen LogP contribution >= 0.6 is 0 Å². The van der Waals surface area contributed by atoms with E-state index in [4.69, 9.17) is 10.2 Å². The zero-order chi connectivity index (χ0) is 12.0. The molecule has 6 heteroatoms. The Labute approximate surface area is 92.1 Å². The van der Waals surface area contributed by atoms with Crippen molar-refractivity contribution in [3.63, 3.8) is 0 Å². The van der Waals surface area contributed by atoms with E-state index in [2.05, 4.69) is 4.98 Å². The predicted octanol–water partition coefficient (Wildman–Crippen LogP) is 0.0528. The minimum absolute atomic E-state index is 0.208. The van der Waals surface area contributed by atoms with Gasteiger partial charge in [-0.05, 0) is 12.1 Å². The first kappa shape index (κ1) is 12.1. The van der Waals surface area contributed by atoms with Crippen LogP contribution in [-0.4, -0.2) is 45.1 Å². The van der Waals surface area contributed by atoms with Crippen LogP contribution in [0.1, 0.15) is 5.69 Å². The maximum atomic E-state index is 10.5. The van der Waals surface area contributed by atoms with E-state index in [-0.39, 0.29) is 19.6 Å². The number of carbonyl (C=O) groups is 2. The van der Waals surface area contributed by atoms with Gasteiger partial charge in [0.25, 0.3) is 0 Å². The van der Waals surface area contributed by atoms with Crippen molar-refractivity contribution < 1.29 is 19.8 Å². The first-order valence-corrected chi connectivity index (χ1v) is 4.64. The molecule has 0 aromatic carbocycles. The summed E-state index contributed by atoms with van der Waals surface area (Å²) in [7, 11) is 0. The minimum atomic E-state index is -1.06. The van der Waals surface area contributed by atoms with Crippen LogP contribution in [0.3, 0.4) is 0 Å². The highest BCUT2D eigenvalue weighted by Crippen LogP contribution is 2.00. The van der Waals surface area contributed by atoms with Crippen LogP contribution in [0, 0.1) is 0 Å². The number of nitrogens with zero attached hydrogens (tertiary/aromatic N) is 2. The zero-order valence-electron chi connectivity index (χ0n) is 8.54. The van der Waals surface area contributed by atoms with Gasteiger partial charge in [-0.3, -0.25) is 19.5 Å². The van der Waals surface area contributed by atoms with Gasteiger partial charge >= 0.3 is 11.9 Å². The van der Waals surface area contributed by atoms with E-state index in [0.717, 1.165) is 0 Å². The third-order valence-electron chi connectivity index (χ3n) is 1.83. The van der Waals surface area contributed by atoms with Crippen molar-refractivity contribution >= 4 is 11.9 Å². The number of carboxylic acid groups (broad SMARTS) is 2. The average Bonchev–Trinajstić information content (AvgIpc) is 2.16. The molecule has 1 aromatic rings. The number of pyridine rings is 1. The lowest BCUT2D eigenvalue weighted by molar-refractivity contribution is -0.142. The summed E-state index contributed by atoms with van der Waals surface area (Å²) in [5.74, 6) is -2.12. The highest BCUT2D eigenvalue weighted by molar-refractivity contribution is 5.72. The fourth-order valence-electron chi connectivity index (χ4n) is 1.27. The summed E-state index contributed by atoms with van der Waals surface area (Å²) in [6.07, 6.45) is 1.58. The molecule has 0 saturated carbocycles. The van der Waals surface area contributed by atoms with Crippen LogP contribution < -0.4 is 0 Å². The normalized spacial score (nSPS) is 10.3. The Morgan fingerprint density at radius 1 is 1.19 bits per heavy atom. The molecular weight excluding hydrogens is 212 g/mol. The van der Waals surface area contributed by atoms with E-state index in [1.807, 2.05) is 0 Å². The van der Waals surface area contributed by atoms with E-state index in [9.17, 15) is 9.59 Å². The standard InChI is InChI=1S/C10H12N2O4/c13-9(14)6-12(7-10(15)16)5-8-3-1-2-4-11-8/h1-4H,5-7H2,(H,13,14)(H,15,16). The molecule has 0 aliphatic carbocycles. The van der Waals surface area contributed by atoms with Crippen molar-refractivity contribution in [2.75, 3.05) is 13.1 Å². The van der Waals surface area contributed by atoms with Gasteiger partial charge in [-0.1, -0.05) is 6.07 Å². The quantitative estimate of drug-likeness (QED) is 0.709. The SMILES string of the molecule is O=C(O)CN(CC(=O)O)Cc1ccccn1. The van der Waals surface area contributed by atoms with Gasteiger partial charge in [0.15, 0.2) is 0 Å². The molecule has 1 heterocycles. The molecule has 0 aliphatic rings. The molecule has 0 amide bonds. The van der Waals surface area contributed by atoms with Gasteiger partial charge in [0, 0.05) is 12.7 Å². The van der Waals surface area contributed by atoms with Crippen molar-refractivity contribution in [1.29, 1.82) is 0 Å². The van der Waals surface area contributed by atoms with Gasteiger partial charge < -0.3 is 10.2 Å². The molecule has 0 bridgehead atoms. The molecule has 0 fully saturated rings. The lowest BCUT2D eigenvalue weighted by Crippen LogP contribution is -2.34. The van der Waals surface area contributed by atoms with E-state index in [1.165, 1.54) is 4.90 Å². The van der Waals surface area contributed by atoms with Gasteiger partial charge in [0.2, 0.25) is 0 Å². The number of rotatable bonds is 6. The van der Waals surface area contributed by atoms with Gasteiger partial charge in [-0.25, -0.2) is 0 Å². The molecule has 2 N–H and O–H groups in total.